The SMILES string of the molecule is NC(C(=O)O)C1(c2cnc3ccccn23)CC1. The Labute approximate surface area is 97.9 Å². The number of imidazole rings is 1. The molecular formula is C12H13N3O2. The number of nitrogens with zero attached hydrogens (tertiary/aromatic N) is 2. The van der Waals surface area contributed by atoms with E-state index in [2.05, 4.69) is 4.98 Å². The van der Waals surface area contributed by atoms with Gasteiger partial charge in [0.15, 0.2) is 0 Å². The number of aromatic nitrogens is 2. The molecule has 1 unspecified atom stereocenters. The molecule has 0 amide bonds. The highest BCUT2D eigenvalue weighted by atomic mass is 16.4. The molecule has 5 nitrogen and oxygen atoms in total. The van der Waals surface area contributed by atoms with Crippen molar-refractivity contribution >= 4 is 11.6 Å². The van der Waals surface area contributed by atoms with Crippen molar-refractivity contribution < 1.29 is 9.90 Å². The number of pyridine rings is 1. The maximum absolute atomic E-state index is 11.1. The van der Waals surface area contributed by atoms with E-state index < -0.39 is 17.4 Å². The molecule has 0 aromatic carbocycles. The maximum atomic E-state index is 11.1. The number of hydrogen-bond donors (Lipinski definition) is 2. The second-order valence-corrected chi connectivity index (χ2v) is 4.54. The summed E-state index contributed by atoms with van der Waals surface area (Å²) in [6.07, 6.45) is 5.25. The Hall–Kier alpha value is -1.88. The molecule has 0 aliphatic heterocycles. The topological polar surface area (TPSA) is 80.6 Å². The second-order valence-electron chi connectivity index (χ2n) is 4.54. The Morgan fingerprint density at radius 2 is 2.29 bits per heavy atom. The zero-order chi connectivity index (χ0) is 12.0. The first-order valence-electron chi connectivity index (χ1n) is 5.56. The molecule has 3 rings (SSSR count). The number of carboxylic acid groups (broad SMARTS) is 1. The molecule has 88 valence electrons. The lowest BCUT2D eigenvalue weighted by Crippen LogP contribution is -2.42. The van der Waals surface area contributed by atoms with Gasteiger partial charge in [-0.3, -0.25) is 4.79 Å². The van der Waals surface area contributed by atoms with Gasteiger partial charge in [-0.15, -0.1) is 0 Å². The molecule has 0 saturated heterocycles. The molecule has 1 fully saturated rings. The second kappa shape index (κ2) is 3.30. The third-order valence-electron chi connectivity index (χ3n) is 3.58. The van der Waals surface area contributed by atoms with E-state index in [0.717, 1.165) is 24.2 Å². The molecular weight excluding hydrogens is 218 g/mol. The van der Waals surface area contributed by atoms with E-state index in [1.165, 1.54) is 0 Å². The van der Waals surface area contributed by atoms with Crippen molar-refractivity contribution in [3.63, 3.8) is 0 Å². The van der Waals surface area contributed by atoms with Gasteiger partial charge < -0.3 is 15.2 Å². The van der Waals surface area contributed by atoms with Crippen LogP contribution in [0.1, 0.15) is 18.5 Å². The van der Waals surface area contributed by atoms with Gasteiger partial charge in [0, 0.05) is 17.8 Å². The number of rotatable bonds is 3. The van der Waals surface area contributed by atoms with Gasteiger partial charge in [-0.25, -0.2) is 4.98 Å². The Morgan fingerprint density at radius 1 is 1.53 bits per heavy atom. The molecule has 0 spiro atoms. The van der Waals surface area contributed by atoms with Crippen molar-refractivity contribution in [1.29, 1.82) is 0 Å². The highest BCUT2D eigenvalue weighted by Crippen LogP contribution is 2.50. The summed E-state index contributed by atoms with van der Waals surface area (Å²) in [4.78, 5) is 15.3. The highest BCUT2D eigenvalue weighted by Gasteiger charge is 2.54. The minimum atomic E-state index is -0.951. The lowest BCUT2D eigenvalue weighted by Gasteiger charge is -2.19. The monoisotopic (exact) mass is 231 g/mol. The van der Waals surface area contributed by atoms with Gasteiger partial charge in [-0.2, -0.15) is 0 Å². The van der Waals surface area contributed by atoms with Gasteiger partial charge in [-0.05, 0) is 25.0 Å². The fraction of sp³-hybridized carbons (Fsp3) is 0.333. The minimum Gasteiger partial charge on any atom is -0.480 e. The van der Waals surface area contributed by atoms with Crippen molar-refractivity contribution in [3.05, 3.63) is 36.3 Å². The molecule has 1 atom stereocenters. The van der Waals surface area contributed by atoms with Crippen LogP contribution in [0, 0.1) is 0 Å². The van der Waals surface area contributed by atoms with Crippen LogP contribution in [0.3, 0.4) is 0 Å². The van der Waals surface area contributed by atoms with E-state index in [1.807, 2.05) is 28.8 Å². The van der Waals surface area contributed by atoms with E-state index in [0.29, 0.717) is 0 Å². The molecule has 2 aromatic rings. The van der Waals surface area contributed by atoms with Crippen molar-refractivity contribution in [3.8, 4) is 0 Å². The number of aliphatic carboxylic acids is 1. The first kappa shape index (κ1) is 10.3. The van der Waals surface area contributed by atoms with Crippen LogP contribution in [0.2, 0.25) is 0 Å². The first-order valence-corrected chi connectivity index (χ1v) is 5.56. The van der Waals surface area contributed by atoms with Crippen LogP contribution in [0.25, 0.3) is 5.65 Å². The number of carboxylic acids is 1. The number of nitrogens with two attached hydrogens (primary N) is 1. The average Bonchev–Trinajstić information content (AvgIpc) is 3.02. The van der Waals surface area contributed by atoms with Gasteiger partial charge in [0.25, 0.3) is 0 Å². The minimum absolute atomic E-state index is 0.438. The smallest absolute Gasteiger partial charge is 0.321 e. The van der Waals surface area contributed by atoms with E-state index in [1.54, 1.807) is 6.20 Å². The predicted molar refractivity (Wildman–Crippen MR) is 61.7 cm³/mol. The summed E-state index contributed by atoms with van der Waals surface area (Å²) >= 11 is 0. The molecule has 2 aromatic heterocycles. The van der Waals surface area contributed by atoms with Gasteiger partial charge in [0.2, 0.25) is 0 Å². The lowest BCUT2D eigenvalue weighted by atomic mass is 9.93. The van der Waals surface area contributed by atoms with E-state index >= 15 is 0 Å². The quantitative estimate of drug-likeness (QED) is 0.817. The fourth-order valence-corrected chi connectivity index (χ4v) is 2.40. The van der Waals surface area contributed by atoms with E-state index in [9.17, 15) is 4.79 Å². The Bertz CT molecular complexity index is 586. The molecule has 0 bridgehead atoms. The van der Waals surface area contributed by atoms with Gasteiger partial charge in [0.05, 0.1) is 5.69 Å². The summed E-state index contributed by atoms with van der Waals surface area (Å²) in [5.41, 5.74) is 7.09. The average molecular weight is 231 g/mol. The first-order chi connectivity index (χ1) is 8.15. The van der Waals surface area contributed by atoms with Crippen LogP contribution >= 0.6 is 0 Å². The molecule has 0 radical (unpaired) electrons. The summed E-state index contributed by atoms with van der Waals surface area (Å²) in [6.45, 7) is 0. The molecule has 3 N–H and O–H groups in total. The van der Waals surface area contributed by atoms with Crippen LogP contribution in [0.4, 0.5) is 0 Å². The normalized spacial score (nSPS) is 19.1. The molecule has 5 heteroatoms. The summed E-state index contributed by atoms with van der Waals surface area (Å²) in [5, 5.41) is 9.07. The standard InChI is InChI=1S/C12H13N3O2/c13-10(11(16)17)12(4-5-12)8-7-14-9-3-1-2-6-15(8)9/h1-3,6-7,10H,4-5,13H2,(H,16,17). The van der Waals surface area contributed by atoms with Crippen molar-refractivity contribution in [1.82, 2.24) is 9.38 Å². The Morgan fingerprint density at radius 3 is 2.94 bits per heavy atom. The molecule has 17 heavy (non-hydrogen) atoms. The molecule has 2 heterocycles. The maximum Gasteiger partial charge on any atom is 0.321 e. The fourth-order valence-electron chi connectivity index (χ4n) is 2.40. The summed E-state index contributed by atoms with van der Waals surface area (Å²) in [5.74, 6) is -0.951. The van der Waals surface area contributed by atoms with Crippen LogP contribution in [-0.4, -0.2) is 26.5 Å². The largest absolute Gasteiger partial charge is 0.480 e. The Kier molecular flexibility index (Phi) is 2.00. The zero-order valence-corrected chi connectivity index (χ0v) is 9.21. The molecule has 1 saturated carbocycles. The zero-order valence-electron chi connectivity index (χ0n) is 9.21. The van der Waals surface area contributed by atoms with Crippen molar-refractivity contribution in [2.45, 2.75) is 24.3 Å². The van der Waals surface area contributed by atoms with Gasteiger partial charge in [-0.1, -0.05) is 6.07 Å². The van der Waals surface area contributed by atoms with Crippen LogP contribution < -0.4 is 5.73 Å². The number of hydrogen-bond acceptors (Lipinski definition) is 3. The number of carbonyl (C=O) groups is 1. The summed E-state index contributed by atoms with van der Waals surface area (Å²) in [7, 11) is 0. The Balaban J connectivity index is 2.13. The van der Waals surface area contributed by atoms with E-state index in [-0.39, 0.29) is 0 Å². The van der Waals surface area contributed by atoms with Crippen LogP contribution in [0.5, 0.6) is 0 Å². The summed E-state index contributed by atoms with van der Waals surface area (Å²) < 4.78 is 1.93. The third-order valence-corrected chi connectivity index (χ3v) is 3.58. The van der Waals surface area contributed by atoms with Crippen LogP contribution in [-0.2, 0) is 10.2 Å². The summed E-state index contributed by atoms with van der Waals surface area (Å²) in [6, 6.07) is 4.84. The predicted octanol–water partition coefficient (Wildman–Crippen LogP) is 0.778. The van der Waals surface area contributed by atoms with Crippen LogP contribution in [0.15, 0.2) is 30.6 Å². The van der Waals surface area contributed by atoms with Gasteiger partial charge >= 0.3 is 5.97 Å². The van der Waals surface area contributed by atoms with Crippen molar-refractivity contribution in [2.75, 3.05) is 0 Å². The molecule has 1 aliphatic carbocycles. The highest BCUT2D eigenvalue weighted by molar-refractivity contribution is 5.76. The molecule has 1 aliphatic rings. The number of fused-ring (bicyclic) bond motifs is 1. The van der Waals surface area contributed by atoms with Crippen molar-refractivity contribution in [2.24, 2.45) is 5.73 Å². The van der Waals surface area contributed by atoms with Gasteiger partial charge in [0.1, 0.15) is 11.7 Å². The third kappa shape index (κ3) is 1.36. The van der Waals surface area contributed by atoms with E-state index in [4.69, 9.17) is 10.8 Å². The lowest BCUT2D eigenvalue weighted by molar-refractivity contribution is -0.139.